The first kappa shape index (κ1) is 20.7. The summed E-state index contributed by atoms with van der Waals surface area (Å²) in [7, 11) is 1.91. The summed E-state index contributed by atoms with van der Waals surface area (Å²) in [5.41, 5.74) is 7.30. The average Bonchev–Trinajstić information content (AvgIpc) is 2.38. The van der Waals surface area contributed by atoms with E-state index in [0.29, 0.717) is 17.7 Å². The van der Waals surface area contributed by atoms with E-state index in [-0.39, 0.29) is 48.7 Å². The number of rotatable bonds is 3. The second kappa shape index (κ2) is 7.72. The van der Waals surface area contributed by atoms with Crippen molar-refractivity contribution in [1.82, 2.24) is 9.97 Å². The maximum absolute atomic E-state index is 12.3. The monoisotopic (exact) mass is 376 g/mol. The predicted molar refractivity (Wildman–Crippen MR) is 102 cm³/mol. The van der Waals surface area contributed by atoms with Crippen LogP contribution in [0.1, 0.15) is 32.4 Å². The van der Waals surface area contributed by atoms with E-state index in [1.54, 1.807) is 0 Å². The number of carbonyl (C=O) groups excluding carboxylic acids is 1. The molecule has 7 nitrogen and oxygen atoms in total. The molecule has 3 rings (SSSR count). The molecule has 1 atom stereocenters. The number of hydrogen-bond acceptors (Lipinski definition) is 6. The number of amides is 1. The molecule has 1 aromatic rings. The lowest BCUT2D eigenvalue weighted by Gasteiger charge is -2.37. The van der Waals surface area contributed by atoms with Gasteiger partial charge >= 0.3 is 0 Å². The Morgan fingerprint density at radius 1 is 1.29 bits per heavy atom. The zero-order valence-electron chi connectivity index (χ0n) is 14.4. The second-order valence-electron chi connectivity index (χ2n) is 6.69. The van der Waals surface area contributed by atoms with E-state index in [4.69, 9.17) is 5.73 Å². The third-order valence-electron chi connectivity index (χ3n) is 4.48. The van der Waals surface area contributed by atoms with Crippen molar-refractivity contribution in [3.05, 3.63) is 5.69 Å². The highest BCUT2D eigenvalue weighted by Crippen LogP contribution is 2.34. The van der Waals surface area contributed by atoms with Gasteiger partial charge in [-0.15, -0.1) is 24.8 Å². The van der Waals surface area contributed by atoms with Gasteiger partial charge in [0.25, 0.3) is 0 Å². The lowest BCUT2D eigenvalue weighted by atomic mass is 9.88. The maximum atomic E-state index is 12.3. The van der Waals surface area contributed by atoms with Gasteiger partial charge in [-0.2, -0.15) is 4.98 Å². The number of halogens is 2. The van der Waals surface area contributed by atoms with Crippen LogP contribution in [0.3, 0.4) is 0 Å². The van der Waals surface area contributed by atoms with Gasteiger partial charge in [-0.1, -0.05) is 13.8 Å². The van der Waals surface area contributed by atoms with Gasteiger partial charge in [0.15, 0.2) is 5.82 Å². The minimum atomic E-state index is -0.216. The van der Waals surface area contributed by atoms with Crippen molar-refractivity contribution in [2.24, 2.45) is 11.7 Å². The standard InChI is InChI=1S/C15H24N6O.2ClH/c1-7(2)12-14(22)19-11-8(3)17-15(20-13(11)21(12)4)18-10-5-9(16)6-10;;/h7,9-10,12H,5-6,16H2,1-4H3,(H,19,22)(H,17,18,20);2*1H/t9-,10+,12-;;/m0../s1. The quantitative estimate of drug-likeness (QED) is 0.745. The molecule has 1 fully saturated rings. The Morgan fingerprint density at radius 2 is 1.92 bits per heavy atom. The van der Waals surface area contributed by atoms with E-state index in [1.807, 2.05) is 32.7 Å². The number of anilines is 3. The topological polar surface area (TPSA) is 96.2 Å². The molecule has 1 aromatic heterocycles. The molecule has 0 spiro atoms. The van der Waals surface area contributed by atoms with Crippen LogP contribution in [0.25, 0.3) is 0 Å². The Balaban J connectivity index is 0.00000144. The van der Waals surface area contributed by atoms with Crippen LogP contribution in [0.15, 0.2) is 0 Å². The summed E-state index contributed by atoms with van der Waals surface area (Å²) in [6, 6.07) is 0.409. The number of hydrogen-bond donors (Lipinski definition) is 3. The highest BCUT2D eigenvalue weighted by atomic mass is 35.5. The van der Waals surface area contributed by atoms with Crippen molar-refractivity contribution in [1.29, 1.82) is 0 Å². The molecule has 0 saturated heterocycles. The molecule has 0 aromatic carbocycles. The molecule has 9 heteroatoms. The van der Waals surface area contributed by atoms with Gasteiger partial charge in [-0.25, -0.2) is 4.98 Å². The highest BCUT2D eigenvalue weighted by Gasteiger charge is 2.35. The van der Waals surface area contributed by atoms with Crippen molar-refractivity contribution in [3.63, 3.8) is 0 Å². The molecule has 4 N–H and O–H groups in total. The lowest BCUT2D eigenvalue weighted by molar-refractivity contribution is -0.118. The third-order valence-corrected chi connectivity index (χ3v) is 4.48. The number of carbonyl (C=O) groups is 1. The van der Waals surface area contributed by atoms with Gasteiger partial charge in [-0.05, 0) is 25.7 Å². The Morgan fingerprint density at radius 3 is 2.46 bits per heavy atom. The zero-order chi connectivity index (χ0) is 16.0. The van der Waals surface area contributed by atoms with Crippen LogP contribution in [0, 0.1) is 12.8 Å². The molecule has 1 aliphatic carbocycles. The fourth-order valence-electron chi connectivity index (χ4n) is 3.24. The van der Waals surface area contributed by atoms with Crippen molar-refractivity contribution in [2.45, 2.75) is 51.7 Å². The van der Waals surface area contributed by atoms with Crippen molar-refractivity contribution in [2.75, 3.05) is 22.6 Å². The SMILES string of the molecule is Cc1nc(N[C@H]2C[C@@H](N)C2)nc2c1NC(=O)[C@H](C(C)C)N2C.Cl.Cl. The summed E-state index contributed by atoms with van der Waals surface area (Å²) in [4.78, 5) is 23.3. The summed E-state index contributed by atoms with van der Waals surface area (Å²) >= 11 is 0. The Hall–Kier alpha value is -1.31. The summed E-state index contributed by atoms with van der Waals surface area (Å²) in [6.45, 7) is 5.96. The molecular weight excluding hydrogens is 351 g/mol. The second-order valence-corrected chi connectivity index (χ2v) is 6.69. The van der Waals surface area contributed by atoms with Gasteiger partial charge in [-0.3, -0.25) is 4.79 Å². The molecule has 136 valence electrons. The first-order valence-electron chi connectivity index (χ1n) is 7.81. The third kappa shape index (κ3) is 3.68. The number of fused-ring (bicyclic) bond motifs is 1. The fourth-order valence-corrected chi connectivity index (χ4v) is 3.24. The molecule has 24 heavy (non-hydrogen) atoms. The smallest absolute Gasteiger partial charge is 0.247 e. The van der Waals surface area contributed by atoms with Crippen molar-refractivity contribution < 1.29 is 4.79 Å². The zero-order valence-corrected chi connectivity index (χ0v) is 16.0. The normalized spacial score (nSPS) is 25.0. The number of nitrogens with one attached hydrogen (secondary N) is 2. The van der Waals surface area contributed by atoms with Crippen LogP contribution in [-0.2, 0) is 4.79 Å². The molecule has 0 bridgehead atoms. The molecule has 1 amide bonds. The van der Waals surface area contributed by atoms with Gasteiger partial charge < -0.3 is 21.3 Å². The number of aromatic nitrogens is 2. The first-order chi connectivity index (χ1) is 10.4. The van der Waals surface area contributed by atoms with E-state index in [1.165, 1.54) is 0 Å². The largest absolute Gasteiger partial charge is 0.351 e. The van der Waals surface area contributed by atoms with Gasteiger partial charge in [0.05, 0.1) is 5.69 Å². The van der Waals surface area contributed by atoms with Crippen molar-refractivity contribution in [3.8, 4) is 0 Å². The number of nitrogens with zero attached hydrogens (tertiary/aromatic N) is 3. The lowest BCUT2D eigenvalue weighted by Crippen LogP contribution is -2.50. The number of likely N-dealkylation sites (N-methyl/N-ethyl adjacent to an activating group) is 1. The van der Waals surface area contributed by atoms with Crippen LogP contribution in [0.4, 0.5) is 17.5 Å². The predicted octanol–water partition coefficient (Wildman–Crippen LogP) is 1.94. The van der Waals surface area contributed by atoms with E-state index in [0.717, 1.165) is 24.4 Å². The minimum absolute atomic E-state index is 0. The van der Waals surface area contributed by atoms with E-state index >= 15 is 0 Å². The summed E-state index contributed by atoms with van der Waals surface area (Å²) in [6.07, 6.45) is 1.89. The van der Waals surface area contributed by atoms with Crippen LogP contribution < -0.4 is 21.3 Å². The number of nitrogens with two attached hydrogens (primary N) is 1. The van der Waals surface area contributed by atoms with Crippen molar-refractivity contribution >= 4 is 48.2 Å². The van der Waals surface area contributed by atoms with Gasteiger partial charge in [0.1, 0.15) is 11.7 Å². The molecule has 2 heterocycles. The van der Waals surface area contributed by atoms with E-state index in [2.05, 4.69) is 20.6 Å². The Kier molecular flexibility index (Phi) is 6.67. The first-order valence-corrected chi connectivity index (χ1v) is 7.81. The molecule has 1 aliphatic heterocycles. The minimum Gasteiger partial charge on any atom is -0.351 e. The Labute approximate surface area is 155 Å². The number of aryl methyl sites for hydroxylation is 1. The fraction of sp³-hybridized carbons (Fsp3) is 0.667. The van der Waals surface area contributed by atoms with Crippen LogP contribution in [0.2, 0.25) is 0 Å². The molecule has 0 unspecified atom stereocenters. The average molecular weight is 377 g/mol. The maximum Gasteiger partial charge on any atom is 0.247 e. The molecule has 0 radical (unpaired) electrons. The van der Waals surface area contributed by atoms with Crippen LogP contribution in [0.5, 0.6) is 0 Å². The summed E-state index contributed by atoms with van der Waals surface area (Å²) < 4.78 is 0. The van der Waals surface area contributed by atoms with E-state index < -0.39 is 0 Å². The molecule has 1 saturated carbocycles. The summed E-state index contributed by atoms with van der Waals surface area (Å²) in [5.74, 6) is 1.59. The van der Waals surface area contributed by atoms with Gasteiger partial charge in [0, 0.05) is 19.1 Å². The van der Waals surface area contributed by atoms with Crippen LogP contribution in [-0.4, -0.2) is 41.0 Å². The summed E-state index contributed by atoms with van der Waals surface area (Å²) in [5, 5.41) is 6.29. The van der Waals surface area contributed by atoms with Gasteiger partial charge in [0.2, 0.25) is 11.9 Å². The Bertz CT molecular complexity index is 606. The molecular formula is C15H26Cl2N6O. The van der Waals surface area contributed by atoms with E-state index in [9.17, 15) is 4.79 Å². The van der Waals surface area contributed by atoms with Crippen LogP contribution >= 0.6 is 24.8 Å². The highest BCUT2D eigenvalue weighted by molar-refractivity contribution is 6.03. The molecule has 2 aliphatic rings.